The lowest BCUT2D eigenvalue weighted by molar-refractivity contribution is 0.286. The second-order valence-electron chi connectivity index (χ2n) is 7.44. The summed E-state index contributed by atoms with van der Waals surface area (Å²) in [5, 5.41) is 0. The van der Waals surface area contributed by atoms with E-state index in [-0.39, 0.29) is 0 Å². The summed E-state index contributed by atoms with van der Waals surface area (Å²) in [6.45, 7) is 1.27. The fraction of sp³-hybridized carbons (Fsp3) is 0.684. The molecule has 0 spiro atoms. The van der Waals surface area contributed by atoms with E-state index in [1.165, 1.54) is 42.0 Å². The van der Waals surface area contributed by atoms with Crippen LogP contribution in [0.15, 0.2) is 23.1 Å². The van der Waals surface area contributed by atoms with Crippen molar-refractivity contribution in [3.63, 3.8) is 0 Å². The molecule has 2 fully saturated rings. The van der Waals surface area contributed by atoms with Crippen molar-refractivity contribution in [3.05, 3.63) is 29.3 Å². The maximum Gasteiger partial charge on any atom is 0.0240 e. The molecule has 0 bridgehead atoms. The van der Waals surface area contributed by atoms with Crippen LogP contribution in [0.3, 0.4) is 0 Å². The third kappa shape index (κ3) is 3.40. The van der Waals surface area contributed by atoms with E-state index >= 15 is 0 Å². The lowest BCUT2D eigenvalue weighted by Crippen LogP contribution is -2.26. The zero-order valence-corrected chi connectivity index (χ0v) is 15.6. The minimum absolute atomic E-state index is 0.558. The third-order valence-electron chi connectivity index (χ3n) is 6.00. The second kappa shape index (κ2) is 6.89. The summed E-state index contributed by atoms with van der Waals surface area (Å²) >= 11 is 2.05. The van der Waals surface area contributed by atoms with E-state index in [9.17, 15) is 4.21 Å². The van der Waals surface area contributed by atoms with Crippen LogP contribution in [0.1, 0.15) is 55.1 Å². The minimum atomic E-state index is -0.558. The van der Waals surface area contributed by atoms with Crippen molar-refractivity contribution in [2.45, 2.75) is 54.9 Å². The molecule has 3 aliphatic rings. The molecule has 3 heterocycles. The first-order valence-electron chi connectivity index (χ1n) is 9.02. The van der Waals surface area contributed by atoms with Gasteiger partial charge in [-0.25, -0.2) is 0 Å². The van der Waals surface area contributed by atoms with Crippen LogP contribution >= 0.6 is 11.8 Å². The summed E-state index contributed by atoms with van der Waals surface area (Å²) < 4.78 is 11.6. The fourth-order valence-corrected chi connectivity index (χ4v) is 7.03. The normalized spacial score (nSPS) is 34.7. The van der Waals surface area contributed by atoms with Gasteiger partial charge in [0.2, 0.25) is 0 Å². The third-order valence-corrected chi connectivity index (χ3v) is 8.64. The molecule has 2 nitrogen and oxygen atoms in total. The highest BCUT2D eigenvalue weighted by atomic mass is 32.2. The van der Waals surface area contributed by atoms with Crippen LogP contribution in [0.25, 0.3) is 0 Å². The standard InChI is InChI=1S/C19H27NOS2/c1-20-8-2-3-17(20)11-16-13-22-19-5-4-15(12-18(16)19)14-6-9-23(21)10-7-14/h4-5,12,14,16-17H,2-3,6-11,13H2,1H3/t14?,16?,17-,23?/m1/s1. The topological polar surface area (TPSA) is 20.3 Å². The smallest absolute Gasteiger partial charge is 0.0240 e. The molecule has 0 radical (unpaired) electrons. The van der Waals surface area contributed by atoms with Gasteiger partial charge in [0.05, 0.1) is 0 Å². The number of benzene rings is 1. The zero-order valence-electron chi connectivity index (χ0n) is 14.0. The molecule has 1 unspecified atom stereocenters. The molecule has 3 aliphatic heterocycles. The maximum absolute atomic E-state index is 11.6. The van der Waals surface area contributed by atoms with Crippen molar-refractivity contribution in [1.29, 1.82) is 0 Å². The predicted octanol–water partition coefficient (Wildman–Crippen LogP) is 3.99. The van der Waals surface area contributed by atoms with Crippen LogP contribution in [-0.4, -0.2) is 46.0 Å². The molecule has 4 heteroatoms. The van der Waals surface area contributed by atoms with Crippen molar-refractivity contribution in [2.75, 3.05) is 30.9 Å². The number of hydrogen-bond donors (Lipinski definition) is 0. The van der Waals surface area contributed by atoms with Crippen molar-refractivity contribution < 1.29 is 4.21 Å². The van der Waals surface area contributed by atoms with Gasteiger partial charge in [-0.05, 0) is 74.7 Å². The maximum atomic E-state index is 11.6. The van der Waals surface area contributed by atoms with Crippen molar-refractivity contribution in [1.82, 2.24) is 4.90 Å². The van der Waals surface area contributed by atoms with Gasteiger partial charge in [-0.2, -0.15) is 0 Å². The molecule has 1 aromatic carbocycles. The van der Waals surface area contributed by atoms with Gasteiger partial charge in [0, 0.05) is 39.0 Å². The molecule has 0 saturated carbocycles. The highest BCUT2D eigenvalue weighted by Crippen LogP contribution is 2.44. The Morgan fingerprint density at radius 3 is 2.83 bits per heavy atom. The van der Waals surface area contributed by atoms with Gasteiger partial charge < -0.3 is 4.90 Å². The molecular formula is C19H27NOS2. The Labute approximate surface area is 146 Å². The molecule has 126 valence electrons. The molecule has 0 aliphatic carbocycles. The van der Waals surface area contributed by atoms with Crippen LogP contribution in [0.2, 0.25) is 0 Å². The second-order valence-corrected chi connectivity index (χ2v) is 10.2. The molecule has 0 amide bonds. The average Bonchev–Trinajstić information content (AvgIpc) is 3.15. The number of thioether (sulfide) groups is 1. The average molecular weight is 350 g/mol. The lowest BCUT2D eigenvalue weighted by atomic mass is 9.87. The fourth-order valence-electron chi connectivity index (χ4n) is 4.48. The number of likely N-dealkylation sites (tertiary alicyclic amines) is 1. The highest BCUT2D eigenvalue weighted by molar-refractivity contribution is 7.99. The van der Waals surface area contributed by atoms with Gasteiger partial charge in [0.1, 0.15) is 0 Å². The molecule has 2 atom stereocenters. The summed E-state index contributed by atoms with van der Waals surface area (Å²) in [5.41, 5.74) is 3.12. The van der Waals surface area contributed by atoms with Crippen molar-refractivity contribution in [3.8, 4) is 0 Å². The summed E-state index contributed by atoms with van der Waals surface area (Å²) in [7, 11) is 1.73. The molecule has 0 N–H and O–H groups in total. The zero-order chi connectivity index (χ0) is 15.8. The monoisotopic (exact) mass is 349 g/mol. The van der Waals surface area contributed by atoms with Gasteiger partial charge in [0.15, 0.2) is 0 Å². The van der Waals surface area contributed by atoms with Crippen LogP contribution in [-0.2, 0) is 10.8 Å². The van der Waals surface area contributed by atoms with E-state index in [0.29, 0.717) is 5.92 Å². The molecule has 2 saturated heterocycles. The van der Waals surface area contributed by atoms with E-state index in [4.69, 9.17) is 0 Å². The number of hydrogen-bond acceptors (Lipinski definition) is 3. The molecule has 0 aromatic heterocycles. The summed E-state index contributed by atoms with van der Waals surface area (Å²) in [5.74, 6) is 4.42. The predicted molar refractivity (Wildman–Crippen MR) is 100 cm³/mol. The van der Waals surface area contributed by atoms with Gasteiger partial charge >= 0.3 is 0 Å². The Hall–Kier alpha value is -0.320. The Kier molecular flexibility index (Phi) is 4.84. The van der Waals surface area contributed by atoms with Crippen molar-refractivity contribution >= 4 is 22.6 Å². The largest absolute Gasteiger partial charge is 0.303 e. The number of fused-ring (bicyclic) bond motifs is 1. The Bertz CT molecular complexity index is 593. The van der Waals surface area contributed by atoms with Crippen LogP contribution < -0.4 is 0 Å². The number of nitrogens with zero attached hydrogens (tertiary/aromatic N) is 1. The van der Waals surface area contributed by atoms with E-state index in [0.717, 1.165) is 36.3 Å². The SMILES string of the molecule is CN1CCC[C@@H]1CC1CSc2ccc(C3CCS(=O)CC3)cc21. The molecular weight excluding hydrogens is 322 g/mol. The van der Waals surface area contributed by atoms with Crippen molar-refractivity contribution in [2.24, 2.45) is 0 Å². The first-order chi connectivity index (χ1) is 11.2. The quantitative estimate of drug-likeness (QED) is 0.823. The summed E-state index contributed by atoms with van der Waals surface area (Å²) in [6, 6.07) is 7.99. The van der Waals surface area contributed by atoms with Gasteiger partial charge in [-0.15, -0.1) is 11.8 Å². The summed E-state index contributed by atoms with van der Waals surface area (Å²) in [6.07, 6.45) is 6.28. The Morgan fingerprint density at radius 2 is 2.09 bits per heavy atom. The first-order valence-corrected chi connectivity index (χ1v) is 11.5. The van der Waals surface area contributed by atoms with E-state index < -0.39 is 10.8 Å². The Balaban J connectivity index is 1.51. The minimum Gasteiger partial charge on any atom is -0.303 e. The van der Waals surface area contributed by atoms with Gasteiger partial charge in [-0.1, -0.05) is 12.1 Å². The van der Waals surface area contributed by atoms with E-state index in [1.54, 1.807) is 5.56 Å². The van der Waals surface area contributed by atoms with Gasteiger partial charge in [0.25, 0.3) is 0 Å². The van der Waals surface area contributed by atoms with Crippen LogP contribution in [0, 0.1) is 0 Å². The van der Waals surface area contributed by atoms with E-state index in [1.807, 2.05) is 11.8 Å². The van der Waals surface area contributed by atoms with Gasteiger partial charge in [-0.3, -0.25) is 4.21 Å². The highest BCUT2D eigenvalue weighted by Gasteiger charge is 2.30. The summed E-state index contributed by atoms with van der Waals surface area (Å²) in [4.78, 5) is 4.07. The van der Waals surface area contributed by atoms with E-state index in [2.05, 4.69) is 30.1 Å². The first kappa shape index (κ1) is 16.2. The Morgan fingerprint density at radius 1 is 1.26 bits per heavy atom. The molecule has 4 rings (SSSR count). The lowest BCUT2D eigenvalue weighted by Gasteiger charge is -2.25. The van der Waals surface area contributed by atoms with Crippen LogP contribution in [0.4, 0.5) is 0 Å². The number of rotatable bonds is 3. The molecule has 1 aromatic rings. The molecule has 23 heavy (non-hydrogen) atoms. The van der Waals surface area contributed by atoms with Crippen LogP contribution in [0.5, 0.6) is 0 Å².